The molecule has 0 radical (unpaired) electrons. The Hall–Kier alpha value is -4.87. The monoisotopic (exact) mass is 631 g/mol. The first-order valence-corrected chi connectivity index (χ1v) is 12.6. The van der Waals surface area contributed by atoms with Crippen LogP contribution in [0.5, 0.6) is 5.75 Å². The molecule has 0 bridgehead atoms. The summed E-state index contributed by atoms with van der Waals surface area (Å²) < 4.78 is 72.7. The summed E-state index contributed by atoms with van der Waals surface area (Å²) in [6, 6.07) is 8.30. The van der Waals surface area contributed by atoms with Gasteiger partial charge in [0.25, 0.3) is 0 Å². The Labute approximate surface area is 245 Å². The first-order valence-electron chi connectivity index (χ1n) is 12.6. The molecule has 1 aromatic carbocycles. The van der Waals surface area contributed by atoms with Crippen molar-refractivity contribution in [2.45, 2.75) is 18.9 Å². The number of aryl methyl sites for hydroxylation is 1. The van der Waals surface area contributed by atoms with Crippen molar-refractivity contribution in [3.63, 3.8) is 0 Å². The molecule has 5 rings (SSSR count). The van der Waals surface area contributed by atoms with Crippen LogP contribution in [0.25, 0.3) is 16.9 Å². The number of aliphatic carboxylic acids is 2. The number of rotatable bonds is 5. The normalized spacial score (nSPS) is 13.9. The SMILES string of the molecule is COc1cccc(CN2CCN(c3nccn4c(-c5cnn(C)c5)cnc34)CC2)c1.O=C(O)C(F)(F)F.O=C(O)C(F)(F)F. The lowest BCUT2D eigenvalue weighted by molar-refractivity contribution is -0.193. The van der Waals surface area contributed by atoms with E-state index in [2.05, 4.69) is 41.4 Å². The molecule has 4 aromatic rings. The fourth-order valence-electron chi connectivity index (χ4n) is 4.04. The largest absolute Gasteiger partial charge is 0.497 e. The summed E-state index contributed by atoms with van der Waals surface area (Å²) in [5.74, 6) is -3.67. The Kier molecular flexibility index (Phi) is 10.8. The third kappa shape index (κ3) is 9.06. The average Bonchev–Trinajstić information content (AvgIpc) is 3.59. The minimum Gasteiger partial charge on any atom is -0.497 e. The Balaban J connectivity index is 0.000000317. The molecule has 0 atom stereocenters. The predicted octanol–water partition coefficient (Wildman–Crippen LogP) is 3.73. The highest BCUT2D eigenvalue weighted by atomic mass is 19.4. The van der Waals surface area contributed by atoms with Gasteiger partial charge in [-0.15, -0.1) is 0 Å². The molecule has 0 spiro atoms. The van der Waals surface area contributed by atoms with Gasteiger partial charge in [-0.2, -0.15) is 31.4 Å². The average molecular weight is 632 g/mol. The van der Waals surface area contributed by atoms with Crippen molar-refractivity contribution in [1.82, 2.24) is 29.0 Å². The predicted molar refractivity (Wildman–Crippen MR) is 143 cm³/mol. The lowest BCUT2D eigenvalue weighted by Gasteiger charge is -2.35. The number of anilines is 1. The van der Waals surface area contributed by atoms with Gasteiger partial charge in [-0.05, 0) is 17.7 Å². The molecule has 0 unspecified atom stereocenters. The van der Waals surface area contributed by atoms with Crippen LogP contribution in [-0.2, 0) is 23.2 Å². The molecule has 238 valence electrons. The number of hydrogen-bond donors (Lipinski definition) is 2. The summed E-state index contributed by atoms with van der Waals surface area (Å²) in [6.07, 6.45) is -0.585. The third-order valence-corrected chi connectivity index (χ3v) is 6.11. The van der Waals surface area contributed by atoms with Crippen molar-refractivity contribution in [2.75, 3.05) is 38.2 Å². The lowest BCUT2D eigenvalue weighted by atomic mass is 10.2. The van der Waals surface area contributed by atoms with Gasteiger partial charge in [0.05, 0.1) is 25.2 Å². The maximum Gasteiger partial charge on any atom is 0.490 e. The van der Waals surface area contributed by atoms with E-state index in [9.17, 15) is 26.3 Å². The van der Waals surface area contributed by atoms with Gasteiger partial charge in [-0.25, -0.2) is 19.6 Å². The molecule has 4 heterocycles. The smallest absolute Gasteiger partial charge is 0.490 e. The number of nitrogens with zero attached hydrogens (tertiary/aromatic N) is 7. The van der Waals surface area contributed by atoms with Crippen LogP contribution in [0.1, 0.15) is 5.56 Å². The Morgan fingerprint density at radius 3 is 2.09 bits per heavy atom. The van der Waals surface area contributed by atoms with E-state index in [-0.39, 0.29) is 0 Å². The molecule has 0 amide bonds. The highest BCUT2D eigenvalue weighted by molar-refractivity contribution is 5.73. The Bertz CT molecular complexity index is 1540. The molecule has 2 N–H and O–H groups in total. The number of hydrogen-bond acceptors (Lipinski definition) is 8. The standard InChI is InChI=1S/C22H25N7O.2C2HF3O2/c1-26-16-18(13-25-26)20-14-24-22-21(23-6-7-29(20)22)28-10-8-27(9-11-28)15-17-4-3-5-19(12-17)30-2;2*3-2(4,5)1(6)7/h3-7,12-14,16H,8-11,15H2,1-2H3;2*(H,6,7). The van der Waals surface area contributed by atoms with Gasteiger partial charge in [0.2, 0.25) is 0 Å². The van der Waals surface area contributed by atoms with Crippen LogP contribution < -0.4 is 9.64 Å². The number of imidazole rings is 1. The van der Waals surface area contributed by atoms with Crippen LogP contribution in [0.3, 0.4) is 0 Å². The van der Waals surface area contributed by atoms with E-state index >= 15 is 0 Å². The first kappa shape index (κ1) is 33.6. The van der Waals surface area contributed by atoms with E-state index in [1.807, 2.05) is 50.2 Å². The Morgan fingerprint density at radius 1 is 0.955 bits per heavy atom. The molecular weight excluding hydrogens is 604 g/mol. The first-order chi connectivity index (χ1) is 20.6. The second-order valence-electron chi connectivity index (χ2n) is 9.21. The molecule has 1 saturated heterocycles. The number of carboxylic acids is 2. The third-order valence-electron chi connectivity index (χ3n) is 6.11. The zero-order valence-electron chi connectivity index (χ0n) is 23.2. The summed E-state index contributed by atoms with van der Waals surface area (Å²) in [6.45, 7) is 4.74. The maximum atomic E-state index is 10.6. The molecule has 0 aliphatic carbocycles. The molecule has 44 heavy (non-hydrogen) atoms. The Morgan fingerprint density at radius 2 is 1.57 bits per heavy atom. The number of piperazine rings is 1. The van der Waals surface area contributed by atoms with Gasteiger partial charge in [0.15, 0.2) is 11.5 Å². The summed E-state index contributed by atoms with van der Waals surface area (Å²) >= 11 is 0. The minimum atomic E-state index is -5.08. The molecule has 12 nitrogen and oxygen atoms in total. The van der Waals surface area contributed by atoms with Gasteiger partial charge >= 0.3 is 24.3 Å². The number of carbonyl (C=O) groups is 2. The molecule has 1 aliphatic rings. The molecule has 1 fully saturated rings. The van der Waals surface area contributed by atoms with Crippen molar-refractivity contribution in [3.05, 3.63) is 60.8 Å². The van der Waals surface area contributed by atoms with Gasteiger partial charge in [-0.1, -0.05) is 12.1 Å². The molecule has 1 aliphatic heterocycles. The van der Waals surface area contributed by atoms with E-state index in [1.54, 1.807) is 11.8 Å². The lowest BCUT2D eigenvalue weighted by Crippen LogP contribution is -2.46. The zero-order valence-corrected chi connectivity index (χ0v) is 23.2. The number of halogens is 6. The van der Waals surface area contributed by atoms with Crippen LogP contribution >= 0.6 is 0 Å². The number of methoxy groups -OCH3 is 1. The van der Waals surface area contributed by atoms with Gasteiger partial charge in [0.1, 0.15) is 5.75 Å². The van der Waals surface area contributed by atoms with Crippen LogP contribution in [0.2, 0.25) is 0 Å². The quantitative estimate of drug-likeness (QED) is 0.314. The van der Waals surface area contributed by atoms with E-state index in [1.165, 1.54) is 5.56 Å². The van der Waals surface area contributed by atoms with Crippen molar-refractivity contribution < 1.29 is 50.9 Å². The second-order valence-corrected chi connectivity index (χ2v) is 9.21. The number of alkyl halides is 6. The minimum absolute atomic E-state index is 0.887. The van der Waals surface area contributed by atoms with Crippen LogP contribution in [0.4, 0.5) is 32.2 Å². The van der Waals surface area contributed by atoms with Crippen molar-refractivity contribution >= 4 is 23.4 Å². The van der Waals surface area contributed by atoms with Crippen LogP contribution in [-0.4, -0.2) is 96.8 Å². The summed E-state index contributed by atoms with van der Waals surface area (Å²) in [5, 5.41) is 18.5. The highest BCUT2D eigenvalue weighted by Gasteiger charge is 2.38. The zero-order chi connectivity index (χ0) is 32.7. The number of fused-ring (bicyclic) bond motifs is 1. The fraction of sp³-hybridized carbons (Fsp3) is 0.346. The molecule has 18 heteroatoms. The summed E-state index contributed by atoms with van der Waals surface area (Å²) in [5.41, 5.74) is 4.23. The summed E-state index contributed by atoms with van der Waals surface area (Å²) in [4.78, 5) is 31.9. The van der Waals surface area contributed by atoms with Crippen molar-refractivity contribution in [1.29, 1.82) is 0 Å². The molecule has 0 saturated carbocycles. The summed E-state index contributed by atoms with van der Waals surface area (Å²) in [7, 11) is 3.63. The van der Waals surface area contributed by atoms with Crippen LogP contribution in [0.15, 0.2) is 55.2 Å². The number of carboxylic acid groups (broad SMARTS) is 2. The number of ether oxygens (including phenoxy) is 1. The van der Waals surface area contributed by atoms with Crippen molar-refractivity contribution in [2.24, 2.45) is 7.05 Å². The second kappa shape index (κ2) is 14.1. The number of aromatic nitrogens is 5. The van der Waals surface area contributed by atoms with E-state index < -0.39 is 24.3 Å². The van der Waals surface area contributed by atoms with E-state index in [0.717, 1.165) is 61.2 Å². The topological polar surface area (TPSA) is 138 Å². The molecular formula is C26H27F6N7O5. The molecule has 3 aromatic heterocycles. The van der Waals surface area contributed by atoms with Crippen LogP contribution in [0, 0.1) is 0 Å². The van der Waals surface area contributed by atoms with Gasteiger partial charge in [-0.3, -0.25) is 14.0 Å². The van der Waals surface area contributed by atoms with Gasteiger partial charge < -0.3 is 19.8 Å². The van der Waals surface area contributed by atoms with E-state index in [0.29, 0.717) is 0 Å². The van der Waals surface area contributed by atoms with Crippen molar-refractivity contribution in [3.8, 4) is 17.0 Å². The fourth-order valence-corrected chi connectivity index (χ4v) is 4.04. The maximum absolute atomic E-state index is 10.6. The van der Waals surface area contributed by atoms with Gasteiger partial charge in [0, 0.05) is 63.9 Å². The highest BCUT2D eigenvalue weighted by Crippen LogP contribution is 2.26. The van der Waals surface area contributed by atoms with E-state index in [4.69, 9.17) is 24.5 Å². The number of benzene rings is 1.